The summed E-state index contributed by atoms with van der Waals surface area (Å²) in [6, 6.07) is 0. The van der Waals surface area contributed by atoms with Gasteiger partial charge in [0, 0.05) is 0 Å². The monoisotopic (exact) mass is 217 g/mol. The zero-order valence-corrected chi connectivity index (χ0v) is 10.6. The topological polar surface area (TPSA) is 72.5 Å². The first-order valence-electron chi connectivity index (χ1n) is 3.35. The molecule has 0 bridgehead atoms. The van der Waals surface area contributed by atoms with Crippen LogP contribution in [0.1, 0.15) is 14.8 Å². The maximum absolute atomic E-state index is 10.8. The second kappa shape index (κ2) is 7.52. The number of rotatable bonds is 5. The van der Waals surface area contributed by atoms with Crippen LogP contribution in [0.2, 0.25) is 0 Å². The Bertz CT molecular complexity index is 267. The molecule has 1 amide bonds. The SMILES string of the molecule is C=CC(=O)NS(=O)(=O)OCCC.[H-].[Na+]. The molecule has 0 saturated heterocycles. The van der Waals surface area contributed by atoms with Crippen LogP contribution in [-0.2, 0) is 19.3 Å². The Balaban J connectivity index is -0.000000605. The Kier molecular flexibility index (Phi) is 9.01. The van der Waals surface area contributed by atoms with Crippen LogP contribution < -0.4 is 34.3 Å². The molecule has 72 valence electrons. The van der Waals surface area contributed by atoms with Crippen molar-refractivity contribution < 1.29 is 48.4 Å². The predicted octanol–water partition coefficient (Wildman–Crippen LogP) is -2.92. The van der Waals surface area contributed by atoms with Gasteiger partial charge >= 0.3 is 39.9 Å². The van der Waals surface area contributed by atoms with E-state index in [1.54, 1.807) is 11.6 Å². The average molecular weight is 217 g/mol. The van der Waals surface area contributed by atoms with Gasteiger partial charge < -0.3 is 1.43 Å². The zero-order valence-electron chi connectivity index (χ0n) is 8.74. The minimum Gasteiger partial charge on any atom is -1.00 e. The largest absolute Gasteiger partial charge is 1.00 e. The molecular formula is C6H12NNaO4S. The van der Waals surface area contributed by atoms with E-state index in [-0.39, 0.29) is 37.6 Å². The average Bonchev–Trinajstić information content (AvgIpc) is 2.00. The fraction of sp³-hybridized carbons (Fsp3) is 0.500. The summed E-state index contributed by atoms with van der Waals surface area (Å²) in [5, 5.41) is 0. The minimum absolute atomic E-state index is 0. The molecule has 0 spiro atoms. The Morgan fingerprint density at radius 1 is 1.69 bits per heavy atom. The molecule has 7 heteroatoms. The van der Waals surface area contributed by atoms with Crippen LogP contribution in [0.3, 0.4) is 0 Å². The molecule has 0 rings (SSSR count). The summed E-state index contributed by atoms with van der Waals surface area (Å²) in [6.07, 6.45) is 1.41. The molecule has 1 N–H and O–H groups in total. The molecule has 0 radical (unpaired) electrons. The van der Waals surface area contributed by atoms with Gasteiger partial charge in [-0.3, -0.25) is 8.98 Å². The van der Waals surface area contributed by atoms with Gasteiger partial charge in [0.15, 0.2) is 0 Å². The van der Waals surface area contributed by atoms with E-state index in [9.17, 15) is 13.2 Å². The van der Waals surface area contributed by atoms with Crippen LogP contribution in [0, 0.1) is 0 Å². The molecule has 0 heterocycles. The first-order chi connectivity index (χ1) is 5.52. The van der Waals surface area contributed by atoms with Crippen molar-refractivity contribution in [2.75, 3.05) is 6.61 Å². The quantitative estimate of drug-likeness (QED) is 0.395. The van der Waals surface area contributed by atoms with Crippen molar-refractivity contribution in [1.29, 1.82) is 0 Å². The first kappa shape index (κ1) is 15.6. The van der Waals surface area contributed by atoms with E-state index in [0.717, 1.165) is 6.08 Å². The third-order valence-electron chi connectivity index (χ3n) is 0.854. The van der Waals surface area contributed by atoms with Gasteiger partial charge in [-0.05, 0) is 12.5 Å². The smallest absolute Gasteiger partial charge is 1.00 e. The van der Waals surface area contributed by atoms with Crippen LogP contribution in [0.15, 0.2) is 12.7 Å². The van der Waals surface area contributed by atoms with Gasteiger partial charge in [0.05, 0.1) is 6.61 Å². The standard InChI is InChI=1S/C6H11NO4S.Na.H/c1-3-5-11-12(9,10)7-6(8)4-2;;/h4H,2-3,5H2,1H3,(H,7,8);;/q;+1;-1. The Morgan fingerprint density at radius 3 is 2.62 bits per heavy atom. The summed E-state index contributed by atoms with van der Waals surface area (Å²) >= 11 is 0. The maximum atomic E-state index is 10.8. The van der Waals surface area contributed by atoms with Crippen molar-refractivity contribution in [2.24, 2.45) is 0 Å². The molecule has 0 aliphatic rings. The van der Waals surface area contributed by atoms with Gasteiger partial charge in [0.1, 0.15) is 0 Å². The minimum atomic E-state index is -3.93. The van der Waals surface area contributed by atoms with Gasteiger partial charge in [-0.25, -0.2) is 4.72 Å². The van der Waals surface area contributed by atoms with Crippen LogP contribution in [0.4, 0.5) is 0 Å². The van der Waals surface area contributed by atoms with Gasteiger partial charge in [-0.1, -0.05) is 13.5 Å². The molecule has 13 heavy (non-hydrogen) atoms. The molecule has 0 fully saturated rings. The molecule has 0 aliphatic heterocycles. The number of amides is 1. The summed E-state index contributed by atoms with van der Waals surface area (Å²) in [5.74, 6) is -0.800. The molecule has 0 aliphatic carbocycles. The van der Waals surface area contributed by atoms with Crippen LogP contribution in [0.5, 0.6) is 0 Å². The normalized spacial score (nSPS) is 9.92. The zero-order chi connectivity index (χ0) is 9.61. The second-order valence-electron chi connectivity index (χ2n) is 1.95. The molecule has 0 aromatic heterocycles. The number of hydrogen-bond acceptors (Lipinski definition) is 4. The summed E-state index contributed by atoms with van der Waals surface area (Å²) < 4.78 is 27.5. The van der Waals surface area contributed by atoms with Crippen LogP contribution >= 0.6 is 0 Å². The third-order valence-corrected chi connectivity index (χ3v) is 1.78. The molecular weight excluding hydrogens is 205 g/mol. The molecule has 5 nitrogen and oxygen atoms in total. The fourth-order valence-electron chi connectivity index (χ4n) is 0.387. The van der Waals surface area contributed by atoms with E-state index >= 15 is 0 Å². The molecule has 0 aromatic carbocycles. The van der Waals surface area contributed by atoms with Gasteiger partial charge in [-0.15, -0.1) is 0 Å². The predicted molar refractivity (Wildman–Crippen MR) is 44.6 cm³/mol. The van der Waals surface area contributed by atoms with E-state index in [4.69, 9.17) is 0 Å². The van der Waals surface area contributed by atoms with E-state index in [1.165, 1.54) is 0 Å². The summed E-state index contributed by atoms with van der Waals surface area (Å²) in [6.45, 7) is 4.90. The van der Waals surface area contributed by atoms with Crippen molar-refractivity contribution in [3.63, 3.8) is 0 Å². The third kappa shape index (κ3) is 8.45. The second-order valence-corrected chi connectivity index (χ2v) is 3.29. The van der Waals surface area contributed by atoms with Crippen molar-refractivity contribution >= 4 is 16.2 Å². The molecule has 0 saturated carbocycles. The van der Waals surface area contributed by atoms with Crippen molar-refractivity contribution in [3.8, 4) is 0 Å². The Hall–Kier alpha value is 0.120. The molecule has 0 atom stereocenters. The van der Waals surface area contributed by atoms with E-state index < -0.39 is 16.2 Å². The Morgan fingerprint density at radius 2 is 2.23 bits per heavy atom. The van der Waals surface area contributed by atoms with Crippen molar-refractivity contribution in [3.05, 3.63) is 12.7 Å². The van der Waals surface area contributed by atoms with Crippen LogP contribution in [0.25, 0.3) is 0 Å². The molecule has 0 aromatic rings. The maximum Gasteiger partial charge on any atom is 1.00 e. The van der Waals surface area contributed by atoms with Gasteiger partial charge in [-0.2, -0.15) is 8.42 Å². The number of hydrogen-bond donors (Lipinski definition) is 1. The summed E-state index contributed by atoms with van der Waals surface area (Å²) in [5.41, 5.74) is 0. The number of carbonyl (C=O) groups excluding carboxylic acids is 1. The van der Waals surface area contributed by atoms with Crippen molar-refractivity contribution in [1.82, 2.24) is 4.72 Å². The van der Waals surface area contributed by atoms with E-state index in [1.807, 2.05) is 0 Å². The fourth-order valence-corrected chi connectivity index (χ4v) is 1.16. The van der Waals surface area contributed by atoms with E-state index in [2.05, 4.69) is 10.8 Å². The molecule has 0 unspecified atom stereocenters. The van der Waals surface area contributed by atoms with Crippen LogP contribution in [-0.4, -0.2) is 20.9 Å². The van der Waals surface area contributed by atoms with Gasteiger partial charge in [0.2, 0.25) is 0 Å². The Labute approximate surface area is 102 Å². The van der Waals surface area contributed by atoms with E-state index in [0.29, 0.717) is 6.42 Å². The summed E-state index contributed by atoms with van der Waals surface area (Å²) in [4.78, 5) is 10.5. The number of nitrogens with one attached hydrogen (secondary N) is 1. The van der Waals surface area contributed by atoms with Crippen molar-refractivity contribution in [2.45, 2.75) is 13.3 Å². The first-order valence-corrected chi connectivity index (χ1v) is 4.76. The van der Waals surface area contributed by atoms with Gasteiger partial charge in [0.25, 0.3) is 5.91 Å². The summed E-state index contributed by atoms with van der Waals surface area (Å²) in [7, 11) is -3.93. The number of carbonyl (C=O) groups is 1.